The van der Waals surface area contributed by atoms with Crippen molar-refractivity contribution >= 4 is 11.6 Å². The molecular weight excluding hydrogens is 274 g/mol. The maximum atomic E-state index is 9.81. The van der Waals surface area contributed by atoms with Gasteiger partial charge in [0.15, 0.2) is 0 Å². The van der Waals surface area contributed by atoms with E-state index in [1.54, 1.807) is 0 Å². The van der Waals surface area contributed by atoms with Gasteiger partial charge in [-0.15, -0.1) is 0 Å². The summed E-state index contributed by atoms with van der Waals surface area (Å²) in [4.78, 5) is 0. The average Bonchev–Trinajstić information content (AvgIpc) is 2.94. The Morgan fingerprint density at radius 2 is 2.25 bits per heavy atom. The van der Waals surface area contributed by atoms with E-state index in [9.17, 15) is 5.11 Å². The number of rotatable bonds is 7. The van der Waals surface area contributed by atoms with Crippen molar-refractivity contribution in [3.8, 4) is 0 Å². The minimum Gasteiger partial charge on any atom is -0.393 e. The second-order valence-electron chi connectivity index (χ2n) is 5.82. The molecule has 4 nitrogen and oxygen atoms in total. The van der Waals surface area contributed by atoms with Gasteiger partial charge in [-0.25, -0.2) is 0 Å². The monoisotopic (exact) mass is 299 g/mol. The molecule has 0 radical (unpaired) electrons. The molecular formula is C15H26ClN3O. The van der Waals surface area contributed by atoms with E-state index in [-0.39, 0.29) is 6.10 Å². The molecule has 20 heavy (non-hydrogen) atoms. The number of aromatic nitrogens is 2. The Kier molecular flexibility index (Phi) is 5.87. The summed E-state index contributed by atoms with van der Waals surface area (Å²) in [5.74, 6) is 0.393. The van der Waals surface area contributed by atoms with E-state index in [2.05, 4.69) is 17.3 Å². The van der Waals surface area contributed by atoms with Crippen LogP contribution >= 0.6 is 11.6 Å². The molecule has 2 unspecified atom stereocenters. The number of aryl methyl sites for hydroxylation is 2. The highest BCUT2D eigenvalue weighted by atomic mass is 35.5. The van der Waals surface area contributed by atoms with Crippen LogP contribution in [-0.4, -0.2) is 27.5 Å². The van der Waals surface area contributed by atoms with Crippen LogP contribution in [0.3, 0.4) is 0 Å². The van der Waals surface area contributed by atoms with Crippen LogP contribution in [0.2, 0.25) is 5.15 Å². The molecule has 2 atom stereocenters. The number of unbranched alkanes of at least 4 members (excludes halogenated alkanes) is 1. The van der Waals surface area contributed by atoms with Gasteiger partial charge >= 0.3 is 0 Å². The van der Waals surface area contributed by atoms with Gasteiger partial charge in [0, 0.05) is 25.2 Å². The quantitative estimate of drug-likeness (QED) is 0.814. The number of nitrogens with one attached hydrogen (secondary N) is 1. The summed E-state index contributed by atoms with van der Waals surface area (Å²) in [6.07, 6.45) is 5.32. The first-order chi connectivity index (χ1) is 9.63. The lowest BCUT2D eigenvalue weighted by molar-refractivity contribution is 0.131. The van der Waals surface area contributed by atoms with Crippen molar-refractivity contribution in [1.82, 2.24) is 15.1 Å². The molecule has 0 spiro atoms. The zero-order valence-electron chi connectivity index (χ0n) is 12.5. The van der Waals surface area contributed by atoms with Gasteiger partial charge < -0.3 is 10.4 Å². The highest BCUT2D eigenvalue weighted by Crippen LogP contribution is 2.25. The Balaban J connectivity index is 1.87. The summed E-state index contributed by atoms with van der Waals surface area (Å²) in [5, 5.41) is 18.5. The van der Waals surface area contributed by atoms with Gasteiger partial charge in [0.2, 0.25) is 0 Å². The number of hydrogen-bond acceptors (Lipinski definition) is 3. The molecule has 0 bridgehead atoms. The molecule has 0 aliphatic heterocycles. The minimum atomic E-state index is -0.133. The smallest absolute Gasteiger partial charge is 0.131 e. The van der Waals surface area contributed by atoms with Crippen LogP contribution < -0.4 is 5.32 Å². The predicted molar refractivity (Wildman–Crippen MR) is 81.9 cm³/mol. The van der Waals surface area contributed by atoms with Crippen molar-refractivity contribution in [2.75, 3.05) is 6.54 Å². The molecule has 0 aromatic carbocycles. The lowest BCUT2D eigenvalue weighted by Crippen LogP contribution is -2.27. The Labute approximate surface area is 126 Å². The minimum absolute atomic E-state index is 0.133. The number of hydrogen-bond donors (Lipinski definition) is 2. The van der Waals surface area contributed by atoms with E-state index < -0.39 is 0 Å². The number of halogens is 1. The van der Waals surface area contributed by atoms with E-state index in [4.69, 9.17) is 11.6 Å². The van der Waals surface area contributed by atoms with Gasteiger partial charge in [-0.1, -0.05) is 31.4 Å². The third-order valence-electron chi connectivity index (χ3n) is 4.23. The molecule has 2 N–H and O–H groups in total. The van der Waals surface area contributed by atoms with Gasteiger partial charge in [-0.05, 0) is 32.1 Å². The summed E-state index contributed by atoms with van der Waals surface area (Å²) >= 11 is 6.40. The van der Waals surface area contributed by atoms with Gasteiger partial charge in [-0.3, -0.25) is 4.68 Å². The van der Waals surface area contributed by atoms with E-state index >= 15 is 0 Å². The zero-order chi connectivity index (χ0) is 14.5. The number of nitrogens with zero attached hydrogens (tertiary/aromatic N) is 2. The molecule has 1 aromatic rings. The topological polar surface area (TPSA) is 50.1 Å². The second kappa shape index (κ2) is 7.43. The van der Waals surface area contributed by atoms with Crippen molar-refractivity contribution in [2.45, 2.75) is 65.1 Å². The first-order valence-electron chi connectivity index (χ1n) is 7.74. The summed E-state index contributed by atoms with van der Waals surface area (Å²) in [6.45, 7) is 6.66. The number of aliphatic hydroxyl groups is 1. The molecule has 2 rings (SSSR count). The van der Waals surface area contributed by atoms with Gasteiger partial charge in [0.25, 0.3) is 0 Å². The Morgan fingerprint density at radius 3 is 2.90 bits per heavy atom. The van der Waals surface area contributed by atoms with Crippen LogP contribution in [0.1, 0.15) is 50.3 Å². The lowest BCUT2D eigenvalue weighted by Gasteiger charge is -2.15. The fourth-order valence-corrected chi connectivity index (χ4v) is 3.21. The summed E-state index contributed by atoms with van der Waals surface area (Å²) in [6, 6.07) is 0. The molecule has 1 aliphatic rings. The van der Waals surface area contributed by atoms with Crippen LogP contribution in [0, 0.1) is 12.8 Å². The van der Waals surface area contributed by atoms with E-state index in [1.165, 1.54) is 0 Å². The normalized spacial score (nSPS) is 22.6. The fraction of sp³-hybridized carbons (Fsp3) is 0.800. The number of aliphatic hydroxyl groups excluding tert-OH is 1. The summed E-state index contributed by atoms with van der Waals surface area (Å²) in [5.41, 5.74) is 2.10. The van der Waals surface area contributed by atoms with Crippen molar-refractivity contribution in [3.63, 3.8) is 0 Å². The first kappa shape index (κ1) is 15.8. The van der Waals surface area contributed by atoms with Crippen LogP contribution in [0.25, 0.3) is 0 Å². The molecule has 1 heterocycles. The van der Waals surface area contributed by atoms with Gasteiger partial charge in [-0.2, -0.15) is 5.10 Å². The highest BCUT2D eigenvalue weighted by Gasteiger charge is 2.24. The molecule has 1 aliphatic carbocycles. The van der Waals surface area contributed by atoms with Crippen LogP contribution in [0.4, 0.5) is 0 Å². The van der Waals surface area contributed by atoms with Crippen LogP contribution in [0.15, 0.2) is 0 Å². The van der Waals surface area contributed by atoms with Crippen LogP contribution in [0.5, 0.6) is 0 Å². The van der Waals surface area contributed by atoms with Crippen LogP contribution in [-0.2, 0) is 13.1 Å². The van der Waals surface area contributed by atoms with E-state index in [0.29, 0.717) is 5.92 Å². The second-order valence-corrected chi connectivity index (χ2v) is 6.18. The molecule has 1 aromatic heterocycles. The largest absolute Gasteiger partial charge is 0.393 e. The maximum absolute atomic E-state index is 9.81. The van der Waals surface area contributed by atoms with Crippen molar-refractivity contribution in [2.24, 2.45) is 5.92 Å². The zero-order valence-corrected chi connectivity index (χ0v) is 13.3. The molecule has 1 fully saturated rings. The third-order valence-corrected chi connectivity index (χ3v) is 4.66. The Hall–Kier alpha value is -0.580. The summed E-state index contributed by atoms with van der Waals surface area (Å²) in [7, 11) is 0. The molecule has 5 heteroatoms. The highest BCUT2D eigenvalue weighted by molar-refractivity contribution is 6.30. The van der Waals surface area contributed by atoms with Crippen molar-refractivity contribution in [1.29, 1.82) is 0 Å². The maximum Gasteiger partial charge on any atom is 0.131 e. The van der Waals surface area contributed by atoms with E-state index in [0.717, 1.165) is 68.1 Å². The molecule has 1 saturated carbocycles. The molecule has 114 valence electrons. The molecule has 0 amide bonds. The Morgan fingerprint density at radius 1 is 1.45 bits per heavy atom. The Bertz CT molecular complexity index is 433. The third kappa shape index (κ3) is 3.74. The first-order valence-corrected chi connectivity index (χ1v) is 8.11. The van der Waals surface area contributed by atoms with E-state index in [1.807, 2.05) is 11.6 Å². The molecule has 0 saturated heterocycles. The van der Waals surface area contributed by atoms with Gasteiger partial charge in [0.1, 0.15) is 5.15 Å². The fourth-order valence-electron chi connectivity index (χ4n) is 2.89. The van der Waals surface area contributed by atoms with Gasteiger partial charge in [0.05, 0.1) is 11.8 Å². The summed E-state index contributed by atoms with van der Waals surface area (Å²) < 4.78 is 1.90. The van der Waals surface area contributed by atoms with Crippen molar-refractivity contribution < 1.29 is 5.11 Å². The van der Waals surface area contributed by atoms with Crippen molar-refractivity contribution in [3.05, 3.63) is 16.4 Å². The predicted octanol–water partition coefficient (Wildman–Crippen LogP) is 2.90. The lowest BCUT2D eigenvalue weighted by atomic mass is 10.1. The standard InChI is InChI=1S/C15H26ClN3O/c1-3-4-8-19-15(16)13(11(2)18-19)10-17-9-12-6-5-7-14(12)20/h12,14,17,20H,3-10H2,1-2H3. The SMILES string of the molecule is CCCCn1nc(C)c(CNCC2CCCC2O)c1Cl. The average molecular weight is 300 g/mol.